The fourth-order valence-corrected chi connectivity index (χ4v) is 1.07. The van der Waals surface area contributed by atoms with Crippen molar-refractivity contribution in [3.63, 3.8) is 0 Å². The highest BCUT2D eigenvalue weighted by Crippen LogP contribution is 2.08. The second-order valence-corrected chi connectivity index (χ2v) is 2.76. The first kappa shape index (κ1) is 10.5. The van der Waals surface area contributed by atoms with Gasteiger partial charge in [-0.15, -0.1) is 0 Å². The fourth-order valence-electron chi connectivity index (χ4n) is 1.07. The van der Waals surface area contributed by atoms with Crippen molar-refractivity contribution in [3.05, 3.63) is 0 Å². The van der Waals surface area contributed by atoms with Gasteiger partial charge in [0.2, 0.25) is 0 Å². The van der Waals surface area contributed by atoms with Crippen LogP contribution in [0.1, 0.15) is 46.0 Å². The molecule has 0 saturated heterocycles. The summed E-state index contributed by atoms with van der Waals surface area (Å²) in [5, 5.41) is 0. The average molecular weight is 158 g/mol. The summed E-state index contributed by atoms with van der Waals surface area (Å²) in [5.74, 6) is 0. The first-order valence-corrected chi connectivity index (χ1v) is 4.44. The Morgan fingerprint density at radius 1 is 1.36 bits per heavy atom. The van der Waals surface area contributed by atoms with Crippen molar-refractivity contribution >= 4 is 6.47 Å². The van der Waals surface area contributed by atoms with Gasteiger partial charge in [-0.05, 0) is 19.3 Å². The van der Waals surface area contributed by atoms with E-state index in [2.05, 4.69) is 6.92 Å². The smallest absolute Gasteiger partial charge is 0.293 e. The normalized spacial score (nSPS) is 12.5. The summed E-state index contributed by atoms with van der Waals surface area (Å²) >= 11 is 0. The lowest BCUT2D eigenvalue weighted by Crippen LogP contribution is -2.10. The first-order valence-electron chi connectivity index (χ1n) is 4.44. The van der Waals surface area contributed by atoms with Crippen LogP contribution in [0.5, 0.6) is 0 Å². The van der Waals surface area contributed by atoms with Gasteiger partial charge in [0.15, 0.2) is 0 Å². The van der Waals surface area contributed by atoms with E-state index in [1.807, 2.05) is 6.92 Å². The molecule has 2 heteroatoms. The largest absolute Gasteiger partial charge is 0.465 e. The molecule has 0 aromatic carbocycles. The SMILES string of the molecule is CCCCCC(CC)OC=O. The number of unbranched alkanes of at least 4 members (excludes halogenated alkanes) is 2. The van der Waals surface area contributed by atoms with Crippen LogP contribution in [0.4, 0.5) is 0 Å². The number of hydrogen-bond acceptors (Lipinski definition) is 2. The molecule has 0 amide bonds. The zero-order valence-electron chi connectivity index (χ0n) is 7.51. The Morgan fingerprint density at radius 3 is 2.55 bits per heavy atom. The maximum absolute atomic E-state index is 9.98. The van der Waals surface area contributed by atoms with Gasteiger partial charge in [0.1, 0.15) is 6.10 Å². The standard InChI is InChI=1S/C9H18O2/c1-3-5-6-7-9(4-2)11-8-10/h8-9H,3-7H2,1-2H3. The van der Waals surface area contributed by atoms with Gasteiger partial charge in [0.05, 0.1) is 0 Å². The summed E-state index contributed by atoms with van der Waals surface area (Å²) in [4.78, 5) is 9.98. The number of carbonyl (C=O) groups is 1. The van der Waals surface area contributed by atoms with Crippen LogP contribution in [0.3, 0.4) is 0 Å². The zero-order valence-corrected chi connectivity index (χ0v) is 7.51. The van der Waals surface area contributed by atoms with Crippen molar-refractivity contribution in [2.45, 2.75) is 52.1 Å². The molecule has 0 aliphatic heterocycles. The van der Waals surface area contributed by atoms with E-state index < -0.39 is 0 Å². The van der Waals surface area contributed by atoms with E-state index in [0.29, 0.717) is 6.47 Å². The predicted octanol–water partition coefficient (Wildman–Crippen LogP) is 2.52. The molecule has 0 radical (unpaired) electrons. The van der Waals surface area contributed by atoms with Crippen molar-refractivity contribution in [2.24, 2.45) is 0 Å². The molecule has 0 aliphatic rings. The van der Waals surface area contributed by atoms with Gasteiger partial charge < -0.3 is 4.74 Å². The summed E-state index contributed by atoms with van der Waals surface area (Å²) < 4.78 is 4.86. The lowest BCUT2D eigenvalue weighted by Gasteiger charge is -2.11. The third kappa shape index (κ3) is 5.89. The van der Waals surface area contributed by atoms with Crippen LogP contribution < -0.4 is 0 Å². The van der Waals surface area contributed by atoms with Crippen LogP contribution in [0.2, 0.25) is 0 Å². The summed E-state index contributed by atoms with van der Waals surface area (Å²) in [6, 6.07) is 0. The third-order valence-electron chi connectivity index (χ3n) is 1.83. The van der Waals surface area contributed by atoms with Gasteiger partial charge in [-0.1, -0.05) is 26.7 Å². The quantitative estimate of drug-likeness (QED) is 0.420. The molecule has 66 valence electrons. The summed E-state index contributed by atoms with van der Waals surface area (Å²) in [6.07, 6.45) is 5.73. The average Bonchev–Trinajstić information content (AvgIpc) is 2.03. The van der Waals surface area contributed by atoms with Gasteiger partial charge in [-0.25, -0.2) is 0 Å². The van der Waals surface area contributed by atoms with Gasteiger partial charge in [-0.3, -0.25) is 4.79 Å². The second-order valence-electron chi connectivity index (χ2n) is 2.76. The molecule has 0 aliphatic carbocycles. The van der Waals surface area contributed by atoms with E-state index in [9.17, 15) is 4.79 Å². The Hall–Kier alpha value is -0.530. The van der Waals surface area contributed by atoms with E-state index in [-0.39, 0.29) is 6.10 Å². The molecule has 11 heavy (non-hydrogen) atoms. The summed E-state index contributed by atoms with van der Waals surface area (Å²) in [7, 11) is 0. The van der Waals surface area contributed by atoms with Crippen molar-refractivity contribution in [1.82, 2.24) is 0 Å². The zero-order chi connectivity index (χ0) is 8.53. The number of carbonyl (C=O) groups excluding carboxylic acids is 1. The number of rotatable bonds is 7. The van der Waals surface area contributed by atoms with Crippen LogP contribution in [-0.2, 0) is 9.53 Å². The van der Waals surface area contributed by atoms with Gasteiger partial charge in [0, 0.05) is 0 Å². The van der Waals surface area contributed by atoms with Crippen LogP contribution in [0, 0.1) is 0 Å². The summed E-state index contributed by atoms with van der Waals surface area (Å²) in [5.41, 5.74) is 0. The van der Waals surface area contributed by atoms with Gasteiger partial charge in [-0.2, -0.15) is 0 Å². The molecule has 0 aromatic heterocycles. The molecular weight excluding hydrogens is 140 g/mol. The highest BCUT2D eigenvalue weighted by atomic mass is 16.5. The minimum Gasteiger partial charge on any atom is -0.465 e. The molecule has 0 saturated carbocycles. The Balaban J connectivity index is 3.27. The van der Waals surface area contributed by atoms with Gasteiger partial charge >= 0.3 is 0 Å². The predicted molar refractivity (Wildman–Crippen MR) is 45.4 cm³/mol. The molecule has 0 spiro atoms. The van der Waals surface area contributed by atoms with Crippen molar-refractivity contribution < 1.29 is 9.53 Å². The molecule has 2 nitrogen and oxygen atoms in total. The maximum atomic E-state index is 9.98. The van der Waals surface area contributed by atoms with Crippen molar-refractivity contribution in [2.75, 3.05) is 0 Å². The molecule has 0 bridgehead atoms. The molecule has 0 aromatic rings. The van der Waals surface area contributed by atoms with E-state index in [0.717, 1.165) is 12.8 Å². The lowest BCUT2D eigenvalue weighted by atomic mass is 10.1. The second kappa shape index (κ2) is 7.58. The molecule has 0 heterocycles. The first-order chi connectivity index (χ1) is 5.35. The monoisotopic (exact) mass is 158 g/mol. The van der Waals surface area contributed by atoms with E-state index in [1.165, 1.54) is 19.3 Å². The Kier molecular flexibility index (Phi) is 7.21. The minimum absolute atomic E-state index is 0.152. The Morgan fingerprint density at radius 2 is 2.09 bits per heavy atom. The van der Waals surface area contributed by atoms with E-state index in [1.54, 1.807) is 0 Å². The fraction of sp³-hybridized carbons (Fsp3) is 0.889. The van der Waals surface area contributed by atoms with E-state index in [4.69, 9.17) is 4.74 Å². The van der Waals surface area contributed by atoms with Crippen LogP contribution in [0.15, 0.2) is 0 Å². The van der Waals surface area contributed by atoms with Crippen LogP contribution in [-0.4, -0.2) is 12.6 Å². The summed E-state index contributed by atoms with van der Waals surface area (Å²) in [6.45, 7) is 4.77. The highest BCUT2D eigenvalue weighted by Gasteiger charge is 2.04. The van der Waals surface area contributed by atoms with Crippen molar-refractivity contribution in [3.8, 4) is 0 Å². The molecule has 1 unspecified atom stereocenters. The molecule has 0 N–H and O–H groups in total. The lowest BCUT2D eigenvalue weighted by molar-refractivity contribution is -0.134. The molecule has 1 atom stereocenters. The molecular formula is C9H18O2. The topological polar surface area (TPSA) is 26.3 Å². The number of ether oxygens (including phenoxy) is 1. The minimum atomic E-state index is 0.152. The van der Waals surface area contributed by atoms with E-state index >= 15 is 0 Å². The highest BCUT2D eigenvalue weighted by molar-refractivity contribution is 5.37. The Labute approximate surface area is 68.9 Å². The third-order valence-corrected chi connectivity index (χ3v) is 1.83. The van der Waals surface area contributed by atoms with Crippen molar-refractivity contribution in [1.29, 1.82) is 0 Å². The van der Waals surface area contributed by atoms with Gasteiger partial charge in [0.25, 0.3) is 6.47 Å². The molecule has 0 rings (SSSR count). The van der Waals surface area contributed by atoms with Crippen LogP contribution in [0.25, 0.3) is 0 Å². The molecule has 0 fully saturated rings. The Bertz CT molecular complexity index is 91.6. The maximum Gasteiger partial charge on any atom is 0.293 e. The number of hydrogen-bond donors (Lipinski definition) is 0. The van der Waals surface area contributed by atoms with Crippen LogP contribution >= 0.6 is 0 Å².